The quantitative estimate of drug-likeness (QED) is 0.202. The van der Waals surface area contributed by atoms with E-state index < -0.39 is 0 Å². The van der Waals surface area contributed by atoms with E-state index in [1.807, 2.05) is 0 Å². The van der Waals surface area contributed by atoms with Gasteiger partial charge in [-0.05, 0) is 82.6 Å². The van der Waals surface area contributed by atoms with Gasteiger partial charge in [-0.15, -0.1) is 0 Å². The Morgan fingerprint density at radius 1 is 0.491 bits per heavy atom. The van der Waals surface area contributed by atoms with E-state index >= 15 is 0 Å². The normalized spacial score (nSPS) is 14.5. The fraction of sp³-hybridized carbons (Fsp3) is 0.0204. The number of aromatic nitrogens is 2. The molecule has 1 unspecified atom stereocenters. The fourth-order valence-electron chi connectivity index (χ4n) is 9.05. The molecule has 1 aliphatic heterocycles. The lowest BCUT2D eigenvalue weighted by molar-refractivity contribution is 0.672. The van der Waals surface area contributed by atoms with Crippen LogP contribution in [0.1, 0.15) is 17.3 Å². The van der Waals surface area contributed by atoms with Gasteiger partial charge in [-0.1, -0.05) is 115 Å². The van der Waals surface area contributed by atoms with Gasteiger partial charge in [0.1, 0.15) is 17.3 Å². The van der Waals surface area contributed by atoms with Gasteiger partial charge in [-0.2, -0.15) is 0 Å². The molecule has 3 aromatic heterocycles. The van der Waals surface area contributed by atoms with Gasteiger partial charge in [0.2, 0.25) is 0 Å². The molecule has 1 atom stereocenters. The van der Waals surface area contributed by atoms with Crippen LogP contribution in [-0.2, 0) is 0 Å². The van der Waals surface area contributed by atoms with E-state index in [-0.39, 0.29) is 6.17 Å². The van der Waals surface area contributed by atoms with E-state index in [4.69, 9.17) is 4.42 Å². The zero-order valence-electron chi connectivity index (χ0n) is 28.6. The molecule has 0 saturated heterocycles. The number of hydrogen-bond donors (Lipinski definition) is 1. The molecule has 4 heterocycles. The molecule has 4 nitrogen and oxygen atoms in total. The van der Waals surface area contributed by atoms with Crippen molar-refractivity contribution in [2.45, 2.75) is 6.17 Å². The third-order valence-electron chi connectivity index (χ3n) is 11.3. The van der Waals surface area contributed by atoms with Crippen molar-refractivity contribution in [3.05, 3.63) is 187 Å². The molecule has 8 aromatic carbocycles. The average Bonchev–Trinajstić information content (AvgIpc) is 3.87. The Balaban J connectivity index is 1.25. The highest BCUT2D eigenvalue weighted by Crippen LogP contribution is 2.46. The van der Waals surface area contributed by atoms with E-state index in [1.54, 1.807) is 0 Å². The fourth-order valence-corrected chi connectivity index (χ4v) is 9.05. The summed E-state index contributed by atoms with van der Waals surface area (Å²) in [5.74, 6) is 0. The molecule has 12 rings (SSSR count). The summed E-state index contributed by atoms with van der Waals surface area (Å²) in [4.78, 5) is 0. The Hall–Kier alpha value is -7.04. The van der Waals surface area contributed by atoms with E-state index in [1.165, 1.54) is 60.1 Å². The second kappa shape index (κ2) is 10.7. The third-order valence-corrected chi connectivity index (χ3v) is 11.3. The van der Waals surface area contributed by atoms with Crippen molar-refractivity contribution in [2.24, 2.45) is 0 Å². The van der Waals surface area contributed by atoms with Crippen LogP contribution in [0.2, 0.25) is 0 Å². The van der Waals surface area contributed by atoms with Crippen LogP contribution >= 0.6 is 0 Å². The first-order valence-corrected chi connectivity index (χ1v) is 18.2. The van der Waals surface area contributed by atoms with Crippen LogP contribution in [0.4, 0.5) is 5.69 Å². The Bertz CT molecular complexity index is 3310. The molecular weight excluding hydrogens is 647 g/mol. The highest BCUT2D eigenvalue weighted by Gasteiger charge is 2.27. The van der Waals surface area contributed by atoms with E-state index in [0.717, 1.165) is 44.3 Å². The van der Waals surface area contributed by atoms with Gasteiger partial charge in [0.05, 0.1) is 27.5 Å². The average molecular weight is 678 g/mol. The summed E-state index contributed by atoms with van der Waals surface area (Å²) < 4.78 is 11.8. The number of nitrogens with one attached hydrogen (secondary N) is 1. The highest BCUT2D eigenvalue weighted by atomic mass is 16.3. The Morgan fingerprint density at radius 3 is 2.13 bits per heavy atom. The van der Waals surface area contributed by atoms with Gasteiger partial charge in [0, 0.05) is 43.9 Å². The number of benzene rings is 8. The van der Waals surface area contributed by atoms with Crippen molar-refractivity contribution >= 4 is 87.6 Å². The largest absolute Gasteiger partial charge is 0.455 e. The summed E-state index contributed by atoms with van der Waals surface area (Å²) in [6, 6.07) is 61.2. The van der Waals surface area contributed by atoms with Gasteiger partial charge in [0.25, 0.3) is 0 Å². The van der Waals surface area contributed by atoms with E-state index in [2.05, 4.69) is 190 Å². The summed E-state index contributed by atoms with van der Waals surface area (Å²) >= 11 is 0. The number of fused-ring (bicyclic) bond motifs is 13. The lowest BCUT2D eigenvalue weighted by atomic mass is 9.93. The van der Waals surface area contributed by atoms with E-state index in [9.17, 15) is 0 Å². The SMILES string of the molecule is C1=C(c2ccccc2)c2ccccc2NC1n1c2cc3c(cc2c2c4oc5ccc6ccccc6c5c4ccc21)c1ccccc1n3-c1ccccc1. The van der Waals surface area contributed by atoms with Gasteiger partial charge in [-0.25, -0.2) is 0 Å². The summed E-state index contributed by atoms with van der Waals surface area (Å²) in [5.41, 5.74) is 12.3. The van der Waals surface area contributed by atoms with Crippen molar-refractivity contribution in [3.63, 3.8) is 0 Å². The first kappa shape index (κ1) is 28.6. The molecule has 0 radical (unpaired) electrons. The molecule has 1 aliphatic rings. The van der Waals surface area contributed by atoms with Gasteiger partial charge >= 0.3 is 0 Å². The van der Waals surface area contributed by atoms with Gasteiger partial charge in [-0.3, -0.25) is 0 Å². The molecule has 53 heavy (non-hydrogen) atoms. The monoisotopic (exact) mass is 677 g/mol. The van der Waals surface area contributed by atoms with Crippen LogP contribution in [0.3, 0.4) is 0 Å². The molecule has 4 heteroatoms. The lowest BCUT2D eigenvalue weighted by Crippen LogP contribution is -2.20. The smallest absolute Gasteiger partial charge is 0.145 e. The minimum atomic E-state index is -0.172. The maximum absolute atomic E-state index is 6.95. The number of para-hydroxylation sites is 3. The van der Waals surface area contributed by atoms with Crippen LogP contribution in [0, 0.1) is 0 Å². The van der Waals surface area contributed by atoms with Crippen molar-refractivity contribution in [1.82, 2.24) is 9.13 Å². The zero-order valence-corrected chi connectivity index (χ0v) is 28.6. The molecular formula is C49H31N3O. The van der Waals surface area contributed by atoms with Crippen LogP contribution in [0.5, 0.6) is 0 Å². The number of anilines is 1. The van der Waals surface area contributed by atoms with Crippen molar-refractivity contribution in [2.75, 3.05) is 5.32 Å². The predicted octanol–water partition coefficient (Wildman–Crippen LogP) is 13.0. The molecule has 0 aliphatic carbocycles. The number of hydrogen-bond acceptors (Lipinski definition) is 2. The third kappa shape index (κ3) is 4.00. The molecule has 0 fully saturated rings. The van der Waals surface area contributed by atoms with Crippen LogP contribution < -0.4 is 5.32 Å². The number of rotatable bonds is 3. The lowest BCUT2D eigenvalue weighted by Gasteiger charge is -2.29. The predicted molar refractivity (Wildman–Crippen MR) is 221 cm³/mol. The molecule has 0 amide bonds. The molecule has 11 aromatic rings. The second-order valence-electron chi connectivity index (χ2n) is 14.1. The maximum Gasteiger partial charge on any atom is 0.145 e. The summed E-state index contributed by atoms with van der Waals surface area (Å²) in [6.45, 7) is 0. The molecule has 0 spiro atoms. The Kier molecular flexibility index (Phi) is 5.80. The Labute approximate surface area is 304 Å². The summed E-state index contributed by atoms with van der Waals surface area (Å²) in [6.07, 6.45) is 2.22. The molecule has 0 saturated carbocycles. The molecule has 0 bridgehead atoms. The first-order chi connectivity index (χ1) is 26.3. The highest BCUT2D eigenvalue weighted by molar-refractivity contribution is 6.29. The first-order valence-electron chi connectivity index (χ1n) is 18.2. The van der Waals surface area contributed by atoms with Gasteiger partial charge in [0.15, 0.2) is 0 Å². The number of furan rings is 1. The summed E-state index contributed by atoms with van der Waals surface area (Å²) in [7, 11) is 0. The van der Waals surface area contributed by atoms with Crippen molar-refractivity contribution in [3.8, 4) is 5.69 Å². The topological polar surface area (TPSA) is 35.0 Å². The second-order valence-corrected chi connectivity index (χ2v) is 14.1. The van der Waals surface area contributed by atoms with E-state index in [0.29, 0.717) is 0 Å². The van der Waals surface area contributed by atoms with Crippen molar-refractivity contribution in [1.29, 1.82) is 0 Å². The molecule has 1 N–H and O–H groups in total. The number of nitrogens with zero attached hydrogens (tertiary/aromatic N) is 2. The van der Waals surface area contributed by atoms with Crippen LogP contribution in [0.15, 0.2) is 180 Å². The van der Waals surface area contributed by atoms with Crippen molar-refractivity contribution < 1.29 is 4.42 Å². The summed E-state index contributed by atoms with van der Waals surface area (Å²) in [5, 5.41) is 13.4. The van der Waals surface area contributed by atoms with Crippen LogP contribution in [-0.4, -0.2) is 9.13 Å². The Morgan fingerprint density at radius 2 is 1.25 bits per heavy atom. The van der Waals surface area contributed by atoms with Gasteiger partial charge < -0.3 is 18.9 Å². The maximum atomic E-state index is 6.95. The minimum absolute atomic E-state index is 0.172. The minimum Gasteiger partial charge on any atom is -0.455 e. The van der Waals surface area contributed by atoms with Crippen LogP contribution in [0.25, 0.3) is 87.6 Å². The standard InChI is InChI=1S/C49H31N3O/c1-3-13-30(14-4-1)37-28-46(50-40-21-11-9-19-34(37)40)52-42-25-24-36-47-33-18-8-7-15-31(33)23-26-45(47)53-49(36)48(42)39-27-38-35-20-10-12-22-41(35)51(43(38)29-44(39)52)32-16-5-2-6-17-32/h1-29,46,50H. The molecule has 248 valence electrons. The zero-order chi connectivity index (χ0) is 34.6.